The fourth-order valence-corrected chi connectivity index (χ4v) is 4.91. The van der Waals surface area contributed by atoms with Gasteiger partial charge >= 0.3 is 0 Å². The Morgan fingerprint density at radius 2 is 1.85 bits per heavy atom. The number of allylic oxidation sites excluding steroid dienone is 2. The minimum atomic E-state index is -0.550. The van der Waals surface area contributed by atoms with Crippen LogP contribution >= 0.6 is 0 Å². The molecule has 0 aromatic heterocycles. The second-order valence-electron chi connectivity index (χ2n) is 8.27. The van der Waals surface area contributed by atoms with Crippen molar-refractivity contribution in [2.24, 2.45) is 28.8 Å². The largest absolute Gasteiger partial charge is 0.488 e. The quantitative estimate of drug-likeness (QED) is 0.222. The molecule has 2 amide bonds. The number of rotatable bonds is 6. The fourth-order valence-electron chi connectivity index (χ4n) is 4.91. The number of non-ortho nitro benzene ring substituents is 1. The van der Waals surface area contributed by atoms with E-state index in [1.807, 2.05) is 12.2 Å². The van der Waals surface area contributed by atoms with Crippen LogP contribution in [0.4, 0.5) is 5.69 Å². The molecule has 5 rings (SSSR count). The van der Waals surface area contributed by atoms with Crippen LogP contribution in [0.5, 0.6) is 5.75 Å². The maximum absolute atomic E-state index is 12.8. The van der Waals surface area contributed by atoms with Gasteiger partial charge in [-0.3, -0.25) is 19.7 Å². The van der Waals surface area contributed by atoms with Crippen LogP contribution in [0.1, 0.15) is 23.1 Å². The standard InChI is InChI=1S/C24H18N4O5/c25-11-16-3-1-2-4-17(16)13-33-20-8-7-19(28(31)32)10-18(20)12-26-27-23(29)21-14-5-6-15(9-14)22(21)24(27)30/h1-8,10,12,14-15,21-22H,9,13H2. The van der Waals surface area contributed by atoms with Crippen molar-refractivity contribution in [2.75, 3.05) is 0 Å². The minimum absolute atomic E-state index is 0.0587. The number of nitro groups is 1. The molecule has 9 nitrogen and oxygen atoms in total. The summed E-state index contributed by atoms with van der Waals surface area (Å²) >= 11 is 0. The van der Waals surface area contributed by atoms with Crippen molar-refractivity contribution in [1.29, 1.82) is 5.26 Å². The van der Waals surface area contributed by atoms with Crippen LogP contribution in [-0.4, -0.2) is 28.0 Å². The predicted molar refractivity (Wildman–Crippen MR) is 116 cm³/mol. The van der Waals surface area contributed by atoms with Gasteiger partial charge < -0.3 is 4.74 Å². The van der Waals surface area contributed by atoms with E-state index in [4.69, 9.17) is 4.74 Å². The van der Waals surface area contributed by atoms with Gasteiger partial charge in [0, 0.05) is 23.3 Å². The van der Waals surface area contributed by atoms with E-state index >= 15 is 0 Å². The van der Waals surface area contributed by atoms with E-state index in [0.29, 0.717) is 11.1 Å². The molecule has 33 heavy (non-hydrogen) atoms. The average molecular weight is 442 g/mol. The Balaban J connectivity index is 1.41. The summed E-state index contributed by atoms with van der Waals surface area (Å²) in [5.74, 6) is -1.04. The van der Waals surface area contributed by atoms with E-state index in [9.17, 15) is 25.0 Å². The monoisotopic (exact) mass is 442 g/mol. The Morgan fingerprint density at radius 3 is 2.52 bits per heavy atom. The SMILES string of the molecule is N#Cc1ccccc1COc1ccc([N+](=O)[O-])cc1C=NN1C(=O)C2C3C=CC(C3)C2C1=O. The molecule has 2 aromatic rings. The fraction of sp³-hybridized carbons (Fsp3) is 0.250. The number of nitrogens with zero attached hydrogens (tertiary/aromatic N) is 4. The summed E-state index contributed by atoms with van der Waals surface area (Å²) in [5.41, 5.74) is 1.18. The lowest BCUT2D eigenvalue weighted by Gasteiger charge is -2.13. The normalized spacial score (nSPS) is 25.0. The summed E-state index contributed by atoms with van der Waals surface area (Å²) in [7, 11) is 0. The number of ether oxygens (including phenoxy) is 1. The van der Waals surface area contributed by atoms with Gasteiger partial charge in [0.2, 0.25) is 0 Å². The minimum Gasteiger partial charge on any atom is -0.488 e. The zero-order valence-electron chi connectivity index (χ0n) is 17.3. The molecule has 3 aliphatic rings. The highest BCUT2D eigenvalue weighted by Gasteiger charge is 2.59. The topological polar surface area (TPSA) is 126 Å². The number of nitriles is 1. The van der Waals surface area contributed by atoms with Gasteiger partial charge in [-0.15, -0.1) is 0 Å². The molecular formula is C24H18N4O5. The lowest BCUT2D eigenvalue weighted by Crippen LogP contribution is -2.28. The molecular weight excluding hydrogens is 424 g/mol. The molecule has 2 bridgehead atoms. The lowest BCUT2D eigenvalue weighted by molar-refractivity contribution is -0.384. The van der Waals surface area contributed by atoms with Crippen LogP contribution in [0.3, 0.4) is 0 Å². The van der Waals surface area contributed by atoms with Gasteiger partial charge in [0.25, 0.3) is 17.5 Å². The van der Waals surface area contributed by atoms with Gasteiger partial charge in [0.15, 0.2) is 0 Å². The first-order chi connectivity index (χ1) is 16.0. The number of imide groups is 1. The number of fused-ring (bicyclic) bond motifs is 5. The van der Waals surface area contributed by atoms with E-state index < -0.39 is 4.92 Å². The van der Waals surface area contributed by atoms with Crippen LogP contribution < -0.4 is 4.74 Å². The zero-order chi connectivity index (χ0) is 23.1. The molecule has 2 aliphatic carbocycles. The predicted octanol–water partition coefficient (Wildman–Crippen LogP) is 3.19. The van der Waals surface area contributed by atoms with E-state index in [1.165, 1.54) is 24.4 Å². The number of benzene rings is 2. The lowest BCUT2D eigenvalue weighted by atomic mass is 9.85. The first-order valence-corrected chi connectivity index (χ1v) is 10.5. The van der Waals surface area contributed by atoms with Crippen LogP contribution in [0.2, 0.25) is 0 Å². The molecule has 164 valence electrons. The summed E-state index contributed by atoms with van der Waals surface area (Å²) in [6, 6.07) is 13.0. The number of carbonyl (C=O) groups excluding carboxylic acids is 2. The second kappa shape index (κ2) is 7.98. The molecule has 2 aromatic carbocycles. The van der Waals surface area contributed by atoms with E-state index in [1.54, 1.807) is 24.3 Å². The van der Waals surface area contributed by atoms with Gasteiger partial charge in [-0.25, -0.2) is 0 Å². The van der Waals surface area contributed by atoms with Crippen LogP contribution in [-0.2, 0) is 16.2 Å². The number of amides is 2. The highest BCUT2D eigenvalue weighted by molar-refractivity contribution is 6.07. The first kappa shape index (κ1) is 20.6. The number of nitro benzene ring substituents is 1. The first-order valence-electron chi connectivity index (χ1n) is 10.5. The smallest absolute Gasteiger partial charge is 0.270 e. The molecule has 2 fully saturated rings. The Morgan fingerprint density at radius 1 is 1.15 bits per heavy atom. The number of hydrazone groups is 1. The number of hydrogen-bond acceptors (Lipinski definition) is 7. The van der Waals surface area contributed by atoms with Crippen molar-refractivity contribution in [2.45, 2.75) is 13.0 Å². The van der Waals surface area contributed by atoms with Crippen LogP contribution in [0.25, 0.3) is 0 Å². The third kappa shape index (κ3) is 3.46. The molecule has 0 radical (unpaired) electrons. The van der Waals surface area contributed by atoms with Gasteiger partial charge in [-0.05, 0) is 30.4 Å². The van der Waals surface area contributed by atoms with Gasteiger partial charge in [-0.1, -0.05) is 30.4 Å². The highest BCUT2D eigenvalue weighted by atomic mass is 16.6. The third-order valence-electron chi connectivity index (χ3n) is 6.48. The Kier molecular flexibility index (Phi) is 4.98. The van der Waals surface area contributed by atoms with E-state index in [0.717, 1.165) is 11.4 Å². The van der Waals surface area contributed by atoms with Gasteiger partial charge in [0.05, 0.1) is 34.6 Å². The summed E-state index contributed by atoms with van der Waals surface area (Å²) in [5, 5.41) is 25.5. The summed E-state index contributed by atoms with van der Waals surface area (Å²) in [6.07, 6.45) is 6.05. The molecule has 1 aliphatic heterocycles. The van der Waals surface area contributed by atoms with Crippen molar-refractivity contribution in [3.05, 3.63) is 81.4 Å². The highest BCUT2D eigenvalue weighted by Crippen LogP contribution is 2.52. The Labute approximate surface area is 188 Å². The Bertz CT molecular complexity index is 1250. The van der Waals surface area contributed by atoms with Crippen LogP contribution in [0, 0.1) is 45.1 Å². The molecule has 1 saturated carbocycles. The summed E-state index contributed by atoms with van der Waals surface area (Å²) in [4.78, 5) is 36.4. The molecule has 1 heterocycles. The maximum Gasteiger partial charge on any atom is 0.270 e. The molecule has 1 saturated heterocycles. The second-order valence-corrected chi connectivity index (χ2v) is 8.27. The van der Waals surface area contributed by atoms with Gasteiger partial charge in [0.1, 0.15) is 12.4 Å². The van der Waals surface area contributed by atoms with Crippen LogP contribution in [0.15, 0.2) is 59.7 Å². The summed E-state index contributed by atoms with van der Waals surface area (Å²) in [6.45, 7) is 0.0587. The number of carbonyl (C=O) groups is 2. The summed E-state index contributed by atoms with van der Waals surface area (Å²) < 4.78 is 5.82. The van der Waals surface area contributed by atoms with Crippen molar-refractivity contribution < 1.29 is 19.2 Å². The number of hydrogen-bond donors (Lipinski definition) is 0. The molecule has 4 atom stereocenters. The van der Waals surface area contributed by atoms with Gasteiger partial charge in [-0.2, -0.15) is 15.4 Å². The van der Waals surface area contributed by atoms with Crippen molar-refractivity contribution in [3.8, 4) is 11.8 Å². The van der Waals surface area contributed by atoms with Crippen molar-refractivity contribution in [3.63, 3.8) is 0 Å². The van der Waals surface area contributed by atoms with Crippen molar-refractivity contribution in [1.82, 2.24) is 5.01 Å². The van der Waals surface area contributed by atoms with E-state index in [-0.39, 0.29) is 59.1 Å². The molecule has 9 heteroatoms. The average Bonchev–Trinajstić information content (AvgIpc) is 3.51. The molecule has 0 spiro atoms. The molecule has 4 unspecified atom stereocenters. The zero-order valence-corrected chi connectivity index (χ0v) is 17.3. The van der Waals surface area contributed by atoms with Crippen molar-refractivity contribution >= 4 is 23.7 Å². The molecule has 0 N–H and O–H groups in total. The Hall–Kier alpha value is -4.32. The van der Waals surface area contributed by atoms with E-state index in [2.05, 4.69) is 11.2 Å². The third-order valence-corrected chi connectivity index (χ3v) is 6.48. The maximum atomic E-state index is 12.8.